The number of nitrogens with zero attached hydrogens (tertiary/aromatic N) is 2. The van der Waals surface area contributed by atoms with E-state index in [4.69, 9.17) is 10.5 Å². The SMILES string of the molecule is Cc1cc(N)nc(CSC2COC2)n1. The summed E-state index contributed by atoms with van der Waals surface area (Å²) in [5.41, 5.74) is 6.56. The maximum absolute atomic E-state index is 5.63. The largest absolute Gasteiger partial charge is 0.384 e. The van der Waals surface area contributed by atoms with Crippen LogP contribution in [0.4, 0.5) is 5.82 Å². The molecule has 1 aromatic heterocycles. The Morgan fingerprint density at radius 2 is 2.36 bits per heavy atom. The molecule has 4 nitrogen and oxygen atoms in total. The third-order valence-corrected chi connectivity index (χ3v) is 3.14. The van der Waals surface area contributed by atoms with Gasteiger partial charge in [0.1, 0.15) is 11.6 Å². The van der Waals surface area contributed by atoms with Gasteiger partial charge in [-0.3, -0.25) is 0 Å². The van der Waals surface area contributed by atoms with Crippen LogP contribution in [0.2, 0.25) is 0 Å². The van der Waals surface area contributed by atoms with Crippen LogP contribution in [0.15, 0.2) is 6.07 Å². The molecule has 1 aliphatic heterocycles. The van der Waals surface area contributed by atoms with Crippen LogP contribution in [0.1, 0.15) is 11.5 Å². The molecule has 14 heavy (non-hydrogen) atoms. The molecule has 76 valence electrons. The van der Waals surface area contributed by atoms with Gasteiger partial charge in [-0.05, 0) is 6.92 Å². The Morgan fingerprint density at radius 3 is 2.93 bits per heavy atom. The molecule has 0 aliphatic carbocycles. The van der Waals surface area contributed by atoms with Crippen molar-refractivity contribution in [1.82, 2.24) is 9.97 Å². The first kappa shape index (κ1) is 9.73. The number of hydrogen-bond acceptors (Lipinski definition) is 5. The van der Waals surface area contributed by atoms with Gasteiger partial charge >= 0.3 is 0 Å². The summed E-state index contributed by atoms with van der Waals surface area (Å²) in [5.74, 6) is 2.19. The highest BCUT2D eigenvalue weighted by Crippen LogP contribution is 2.22. The van der Waals surface area contributed by atoms with E-state index in [-0.39, 0.29) is 0 Å². The minimum Gasteiger partial charge on any atom is -0.384 e. The van der Waals surface area contributed by atoms with Crippen LogP contribution in [0, 0.1) is 6.92 Å². The average molecular weight is 211 g/mol. The number of thioether (sulfide) groups is 1. The molecular formula is C9H13N3OS. The van der Waals surface area contributed by atoms with E-state index in [1.807, 2.05) is 18.7 Å². The molecule has 2 N–H and O–H groups in total. The van der Waals surface area contributed by atoms with Gasteiger partial charge < -0.3 is 10.5 Å². The number of rotatable bonds is 3. The maximum Gasteiger partial charge on any atom is 0.140 e. The van der Waals surface area contributed by atoms with E-state index in [9.17, 15) is 0 Å². The van der Waals surface area contributed by atoms with Gasteiger partial charge in [0.2, 0.25) is 0 Å². The first-order valence-electron chi connectivity index (χ1n) is 4.53. The molecule has 0 spiro atoms. The Morgan fingerprint density at radius 1 is 1.57 bits per heavy atom. The monoisotopic (exact) mass is 211 g/mol. The number of hydrogen-bond donors (Lipinski definition) is 1. The normalized spacial score (nSPS) is 16.6. The first-order chi connectivity index (χ1) is 6.74. The molecule has 1 saturated heterocycles. The van der Waals surface area contributed by atoms with Gasteiger partial charge in [-0.25, -0.2) is 9.97 Å². The Hall–Kier alpha value is -0.810. The van der Waals surface area contributed by atoms with Crippen LogP contribution in [0.3, 0.4) is 0 Å². The zero-order valence-corrected chi connectivity index (χ0v) is 8.88. The highest BCUT2D eigenvalue weighted by atomic mass is 32.2. The van der Waals surface area contributed by atoms with E-state index in [1.54, 1.807) is 6.07 Å². The standard InChI is InChI=1S/C9H13N3OS/c1-6-2-8(10)12-9(11-6)5-14-7-3-13-4-7/h2,7H,3-5H2,1H3,(H2,10,11,12). The fourth-order valence-corrected chi connectivity index (χ4v) is 2.12. The third kappa shape index (κ3) is 2.36. The van der Waals surface area contributed by atoms with Gasteiger partial charge in [0.25, 0.3) is 0 Å². The molecule has 2 heterocycles. The van der Waals surface area contributed by atoms with E-state index in [1.165, 1.54) is 0 Å². The fraction of sp³-hybridized carbons (Fsp3) is 0.556. The molecule has 0 atom stereocenters. The lowest BCUT2D eigenvalue weighted by Crippen LogP contribution is -2.30. The first-order valence-corrected chi connectivity index (χ1v) is 5.58. The topological polar surface area (TPSA) is 61.0 Å². The number of nitrogen functional groups attached to an aromatic ring is 1. The number of nitrogens with two attached hydrogens (primary N) is 1. The van der Waals surface area contributed by atoms with Gasteiger partial charge in [-0.2, -0.15) is 0 Å². The van der Waals surface area contributed by atoms with Crippen molar-refractivity contribution >= 4 is 17.6 Å². The van der Waals surface area contributed by atoms with Crippen molar-refractivity contribution < 1.29 is 4.74 Å². The predicted molar refractivity (Wildman–Crippen MR) is 57.1 cm³/mol. The van der Waals surface area contributed by atoms with Crippen LogP contribution < -0.4 is 5.73 Å². The second-order valence-corrected chi connectivity index (χ2v) is 4.61. The van der Waals surface area contributed by atoms with E-state index in [0.717, 1.165) is 30.5 Å². The second-order valence-electron chi connectivity index (χ2n) is 3.32. The van der Waals surface area contributed by atoms with Crippen LogP contribution in [-0.2, 0) is 10.5 Å². The van der Waals surface area contributed by atoms with E-state index in [2.05, 4.69) is 9.97 Å². The summed E-state index contributed by atoms with van der Waals surface area (Å²) in [4.78, 5) is 8.48. The quantitative estimate of drug-likeness (QED) is 0.808. The van der Waals surface area contributed by atoms with Gasteiger partial charge in [-0.15, -0.1) is 11.8 Å². The molecule has 1 aliphatic rings. The fourth-order valence-electron chi connectivity index (χ4n) is 1.22. The summed E-state index contributed by atoms with van der Waals surface area (Å²) in [6.07, 6.45) is 0. The van der Waals surface area contributed by atoms with Crippen molar-refractivity contribution in [3.05, 3.63) is 17.6 Å². The molecule has 1 fully saturated rings. The van der Waals surface area contributed by atoms with Crippen molar-refractivity contribution in [3.63, 3.8) is 0 Å². The van der Waals surface area contributed by atoms with Crippen LogP contribution >= 0.6 is 11.8 Å². The minimum absolute atomic E-state index is 0.554. The summed E-state index contributed by atoms with van der Waals surface area (Å²) in [6.45, 7) is 3.64. The predicted octanol–water partition coefficient (Wildman–Crippen LogP) is 0.999. The molecule has 0 radical (unpaired) electrons. The van der Waals surface area contributed by atoms with Gasteiger partial charge in [0, 0.05) is 11.8 Å². The van der Waals surface area contributed by atoms with Gasteiger partial charge in [0.15, 0.2) is 0 Å². The van der Waals surface area contributed by atoms with Crippen molar-refractivity contribution in [2.75, 3.05) is 18.9 Å². The zero-order chi connectivity index (χ0) is 9.97. The van der Waals surface area contributed by atoms with Crippen molar-refractivity contribution in [3.8, 4) is 0 Å². The maximum atomic E-state index is 5.63. The third-order valence-electron chi connectivity index (χ3n) is 1.98. The highest BCUT2D eigenvalue weighted by Gasteiger charge is 2.18. The molecule has 0 amide bonds. The van der Waals surface area contributed by atoms with E-state index in [0.29, 0.717) is 11.1 Å². The van der Waals surface area contributed by atoms with Crippen molar-refractivity contribution in [2.24, 2.45) is 0 Å². The molecule has 0 bridgehead atoms. The second kappa shape index (κ2) is 4.14. The highest BCUT2D eigenvalue weighted by molar-refractivity contribution is 7.99. The Kier molecular flexibility index (Phi) is 2.88. The van der Waals surface area contributed by atoms with Crippen LogP contribution in [-0.4, -0.2) is 28.4 Å². The Bertz CT molecular complexity index is 308. The molecular weight excluding hydrogens is 198 g/mol. The summed E-state index contributed by atoms with van der Waals surface area (Å²) >= 11 is 1.83. The Labute approximate surface area is 87.3 Å². The van der Waals surface area contributed by atoms with Crippen LogP contribution in [0.25, 0.3) is 0 Å². The van der Waals surface area contributed by atoms with Crippen molar-refractivity contribution in [1.29, 1.82) is 0 Å². The number of ether oxygens (including phenoxy) is 1. The lowest BCUT2D eigenvalue weighted by atomic mass is 10.4. The molecule has 2 rings (SSSR count). The van der Waals surface area contributed by atoms with Crippen molar-refractivity contribution in [2.45, 2.75) is 17.9 Å². The molecule has 0 unspecified atom stereocenters. The summed E-state index contributed by atoms with van der Waals surface area (Å²) in [7, 11) is 0. The number of aromatic nitrogens is 2. The summed E-state index contributed by atoms with van der Waals surface area (Å²) in [5, 5.41) is 0.611. The molecule has 1 aromatic rings. The summed E-state index contributed by atoms with van der Waals surface area (Å²) in [6, 6.07) is 1.78. The number of aryl methyl sites for hydroxylation is 1. The zero-order valence-electron chi connectivity index (χ0n) is 8.06. The molecule has 5 heteroatoms. The van der Waals surface area contributed by atoms with E-state index >= 15 is 0 Å². The lowest BCUT2D eigenvalue weighted by Gasteiger charge is -2.24. The van der Waals surface area contributed by atoms with Gasteiger partial charge in [-0.1, -0.05) is 0 Å². The van der Waals surface area contributed by atoms with E-state index < -0.39 is 0 Å². The van der Waals surface area contributed by atoms with Gasteiger partial charge in [0.05, 0.1) is 24.2 Å². The molecule has 0 aromatic carbocycles. The van der Waals surface area contributed by atoms with Crippen LogP contribution in [0.5, 0.6) is 0 Å². The average Bonchev–Trinajstić information content (AvgIpc) is 1.99. The summed E-state index contributed by atoms with van der Waals surface area (Å²) < 4.78 is 5.08. The minimum atomic E-state index is 0.554. The Balaban J connectivity index is 1.94. The smallest absolute Gasteiger partial charge is 0.140 e. The molecule has 0 saturated carbocycles. The lowest BCUT2D eigenvalue weighted by molar-refractivity contribution is 0.0455. The number of anilines is 1.